The molecule has 0 saturated heterocycles. The Morgan fingerprint density at radius 2 is 1.56 bits per heavy atom. The predicted octanol–water partition coefficient (Wildman–Crippen LogP) is 7.65. The predicted molar refractivity (Wildman–Crippen MR) is 128 cm³/mol. The fourth-order valence-corrected chi connectivity index (χ4v) is 3.24. The van der Waals surface area contributed by atoms with E-state index in [0.717, 1.165) is 24.9 Å². The van der Waals surface area contributed by atoms with Crippen LogP contribution < -0.4 is 9.47 Å². The average molecular weight is 441 g/mol. The van der Waals surface area contributed by atoms with E-state index in [4.69, 9.17) is 14.6 Å². The van der Waals surface area contributed by atoms with E-state index in [0.29, 0.717) is 23.8 Å². The third-order valence-electron chi connectivity index (χ3n) is 5.08. The van der Waals surface area contributed by atoms with Crippen LogP contribution in [0.4, 0.5) is 11.4 Å². The van der Waals surface area contributed by atoms with Gasteiger partial charge in [-0.05, 0) is 49.1 Å². The van der Waals surface area contributed by atoms with Gasteiger partial charge < -0.3 is 14.6 Å². The summed E-state index contributed by atoms with van der Waals surface area (Å²) in [6, 6.07) is 13.3. The second-order valence-electron chi connectivity index (χ2n) is 7.90. The lowest BCUT2D eigenvalue weighted by Gasteiger charge is -2.10. The molecule has 0 saturated carbocycles. The zero-order valence-corrected chi connectivity index (χ0v) is 19.4. The molecule has 0 fully saturated rings. The number of carboxylic acid groups (broad SMARTS) is 1. The van der Waals surface area contributed by atoms with Gasteiger partial charge in [0.1, 0.15) is 11.4 Å². The second kappa shape index (κ2) is 15.0. The molecule has 0 aliphatic carbocycles. The Morgan fingerprint density at radius 1 is 0.844 bits per heavy atom. The molecule has 6 nitrogen and oxygen atoms in total. The van der Waals surface area contributed by atoms with Crippen molar-refractivity contribution < 1.29 is 19.4 Å². The largest absolute Gasteiger partial charge is 0.493 e. The molecule has 2 aromatic carbocycles. The zero-order valence-electron chi connectivity index (χ0n) is 19.4. The van der Waals surface area contributed by atoms with Gasteiger partial charge in [-0.2, -0.15) is 5.11 Å². The van der Waals surface area contributed by atoms with Crippen LogP contribution in [-0.2, 0) is 11.2 Å². The van der Waals surface area contributed by atoms with Gasteiger partial charge >= 0.3 is 5.97 Å². The molecular formula is C26H36N2O4. The summed E-state index contributed by atoms with van der Waals surface area (Å²) >= 11 is 0. The van der Waals surface area contributed by atoms with Crippen molar-refractivity contribution in [3.05, 3.63) is 48.0 Å². The van der Waals surface area contributed by atoms with E-state index in [1.807, 2.05) is 12.1 Å². The highest BCUT2D eigenvalue weighted by Crippen LogP contribution is 2.33. The first kappa shape index (κ1) is 25.4. The Hall–Kier alpha value is -2.89. The monoisotopic (exact) mass is 440 g/mol. The van der Waals surface area contributed by atoms with Crippen LogP contribution >= 0.6 is 0 Å². The van der Waals surface area contributed by atoms with E-state index in [1.54, 1.807) is 18.2 Å². The van der Waals surface area contributed by atoms with Crippen molar-refractivity contribution in [3.8, 4) is 11.5 Å². The third-order valence-corrected chi connectivity index (χ3v) is 5.08. The fourth-order valence-electron chi connectivity index (χ4n) is 3.24. The molecule has 0 unspecified atom stereocenters. The molecule has 0 heterocycles. The molecule has 2 rings (SSSR count). The number of unbranched alkanes of at least 4 members (excludes halogenated alkanes) is 6. The minimum absolute atomic E-state index is 0.342. The maximum atomic E-state index is 11.0. The van der Waals surface area contributed by atoms with Crippen molar-refractivity contribution in [2.45, 2.75) is 71.6 Å². The first-order valence-electron chi connectivity index (χ1n) is 11.7. The van der Waals surface area contributed by atoms with Crippen LogP contribution in [0.25, 0.3) is 0 Å². The number of aliphatic carboxylic acids is 1. The topological polar surface area (TPSA) is 80.5 Å². The van der Waals surface area contributed by atoms with Crippen LogP contribution in [0.2, 0.25) is 0 Å². The molecule has 2 aromatic rings. The third kappa shape index (κ3) is 9.94. The zero-order chi connectivity index (χ0) is 23.0. The van der Waals surface area contributed by atoms with Crippen molar-refractivity contribution in [3.63, 3.8) is 0 Å². The van der Waals surface area contributed by atoms with Crippen LogP contribution in [0, 0.1) is 0 Å². The highest BCUT2D eigenvalue weighted by Gasteiger charge is 2.09. The molecule has 0 spiro atoms. The van der Waals surface area contributed by atoms with E-state index >= 15 is 0 Å². The number of carbonyl (C=O) groups is 1. The maximum Gasteiger partial charge on any atom is 0.341 e. The summed E-state index contributed by atoms with van der Waals surface area (Å²) in [5, 5.41) is 17.6. The quantitative estimate of drug-likeness (QED) is 0.215. The maximum absolute atomic E-state index is 11.0. The van der Waals surface area contributed by atoms with Gasteiger partial charge in [0.2, 0.25) is 0 Å². The highest BCUT2D eigenvalue weighted by atomic mass is 16.5. The number of hydrogen-bond acceptors (Lipinski definition) is 5. The van der Waals surface area contributed by atoms with Gasteiger partial charge in [0.25, 0.3) is 0 Å². The lowest BCUT2D eigenvalue weighted by atomic mass is 10.1. The smallest absolute Gasteiger partial charge is 0.341 e. The van der Waals surface area contributed by atoms with Crippen molar-refractivity contribution >= 4 is 17.3 Å². The average Bonchev–Trinajstić information content (AvgIpc) is 2.80. The lowest BCUT2D eigenvalue weighted by Crippen LogP contribution is -2.09. The molecule has 1 N–H and O–H groups in total. The minimum atomic E-state index is -1.05. The second-order valence-corrected chi connectivity index (χ2v) is 7.90. The highest BCUT2D eigenvalue weighted by molar-refractivity contribution is 5.69. The lowest BCUT2D eigenvalue weighted by molar-refractivity contribution is -0.139. The van der Waals surface area contributed by atoms with E-state index in [2.05, 4.69) is 36.2 Å². The van der Waals surface area contributed by atoms with Crippen molar-refractivity contribution in [2.24, 2.45) is 10.2 Å². The van der Waals surface area contributed by atoms with Gasteiger partial charge in [-0.15, -0.1) is 5.11 Å². The van der Waals surface area contributed by atoms with Gasteiger partial charge in [-0.3, -0.25) is 0 Å². The van der Waals surface area contributed by atoms with E-state index in [1.165, 1.54) is 44.1 Å². The summed E-state index contributed by atoms with van der Waals surface area (Å²) in [6.45, 7) is 4.55. The Kier molecular flexibility index (Phi) is 11.9. The summed E-state index contributed by atoms with van der Waals surface area (Å²) in [7, 11) is 0. The van der Waals surface area contributed by atoms with Gasteiger partial charge in [-0.25, -0.2) is 4.79 Å². The summed E-state index contributed by atoms with van der Waals surface area (Å²) in [5.41, 5.74) is 2.50. The number of hydrogen-bond donors (Lipinski definition) is 1. The van der Waals surface area contributed by atoms with Gasteiger partial charge in [0.15, 0.2) is 12.4 Å². The number of carboxylic acids is 1. The van der Waals surface area contributed by atoms with Crippen LogP contribution in [0.3, 0.4) is 0 Å². The fraction of sp³-hybridized carbons (Fsp3) is 0.500. The molecule has 0 aromatic heterocycles. The summed E-state index contributed by atoms with van der Waals surface area (Å²) in [5.74, 6) is -0.0729. The standard InChI is InChI=1S/C26H36N2O4/c1-3-5-7-9-11-21-12-14-22(15-13-21)27-28-24-17-16-23(31-18-10-8-6-4-2)19-25(24)32-20-26(29)30/h12-17,19H,3-11,18,20H2,1-2H3,(H,29,30). The molecule has 0 atom stereocenters. The van der Waals surface area contributed by atoms with Crippen molar-refractivity contribution in [1.29, 1.82) is 0 Å². The molecule has 0 radical (unpaired) electrons. The molecule has 32 heavy (non-hydrogen) atoms. The molecule has 0 bridgehead atoms. The van der Waals surface area contributed by atoms with Crippen LogP contribution in [0.15, 0.2) is 52.7 Å². The Labute approximate surface area is 191 Å². The molecule has 174 valence electrons. The SMILES string of the molecule is CCCCCCOc1ccc(N=Nc2ccc(CCCCCC)cc2)c(OCC(=O)O)c1. The Balaban J connectivity index is 2.01. The summed E-state index contributed by atoms with van der Waals surface area (Å²) in [4.78, 5) is 11.0. The number of azo groups is 1. The van der Waals surface area contributed by atoms with Crippen LogP contribution in [0.5, 0.6) is 11.5 Å². The minimum Gasteiger partial charge on any atom is -0.493 e. The van der Waals surface area contributed by atoms with Gasteiger partial charge in [-0.1, -0.05) is 64.5 Å². The Bertz CT molecular complexity index is 834. The van der Waals surface area contributed by atoms with E-state index in [-0.39, 0.29) is 0 Å². The molecule has 6 heteroatoms. The number of nitrogens with zero attached hydrogens (tertiary/aromatic N) is 2. The van der Waals surface area contributed by atoms with Crippen LogP contribution in [0.1, 0.15) is 70.8 Å². The number of ether oxygens (including phenoxy) is 2. The summed E-state index contributed by atoms with van der Waals surface area (Å²) < 4.78 is 11.2. The first-order valence-corrected chi connectivity index (χ1v) is 11.7. The van der Waals surface area contributed by atoms with Crippen molar-refractivity contribution in [1.82, 2.24) is 0 Å². The number of benzene rings is 2. The molecule has 0 aliphatic rings. The van der Waals surface area contributed by atoms with Gasteiger partial charge in [0.05, 0.1) is 12.3 Å². The van der Waals surface area contributed by atoms with Crippen molar-refractivity contribution in [2.75, 3.05) is 13.2 Å². The first-order chi connectivity index (χ1) is 15.6. The number of aryl methyl sites for hydroxylation is 1. The van der Waals surface area contributed by atoms with E-state index < -0.39 is 12.6 Å². The summed E-state index contributed by atoms with van der Waals surface area (Å²) in [6.07, 6.45) is 10.5. The normalized spacial score (nSPS) is 11.1. The molecule has 0 aliphatic heterocycles. The number of rotatable bonds is 16. The molecule has 0 amide bonds. The van der Waals surface area contributed by atoms with Crippen LogP contribution in [-0.4, -0.2) is 24.3 Å². The van der Waals surface area contributed by atoms with Gasteiger partial charge in [0, 0.05) is 6.07 Å². The van der Waals surface area contributed by atoms with E-state index in [9.17, 15) is 4.79 Å². The molecular weight excluding hydrogens is 404 g/mol. The Morgan fingerprint density at radius 3 is 2.25 bits per heavy atom.